The number of halogens is 1. The first-order valence-electron chi connectivity index (χ1n) is 4.61. The van der Waals surface area contributed by atoms with Crippen molar-refractivity contribution in [3.05, 3.63) is 35.0 Å². The average Bonchev–Trinajstić information content (AvgIpc) is 2.41. The fraction of sp³-hybridized carbons (Fsp3) is 0.273. The molecule has 2 nitrogen and oxygen atoms in total. The van der Waals surface area contributed by atoms with E-state index in [-0.39, 0.29) is 6.04 Å². The molecule has 0 radical (unpaired) electrons. The number of fused-ring (bicyclic) bond motifs is 1. The topological polar surface area (TPSA) is 30.9 Å². The van der Waals surface area contributed by atoms with E-state index in [2.05, 4.69) is 6.07 Å². The van der Waals surface area contributed by atoms with Gasteiger partial charge in [0.25, 0.3) is 0 Å². The van der Waals surface area contributed by atoms with Crippen LogP contribution < -0.4 is 5.73 Å². The quantitative estimate of drug-likeness (QED) is 0.768. The van der Waals surface area contributed by atoms with Crippen molar-refractivity contribution >= 4 is 22.5 Å². The van der Waals surface area contributed by atoms with Gasteiger partial charge in [-0.1, -0.05) is 29.8 Å². The number of rotatable bonds is 1. The van der Waals surface area contributed by atoms with Crippen LogP contribution in [0, 0.1) is 0 Å². The number of benzene rings is 1. The lowest BCUT2D eigenvalue weighted by molar-refractivity contribution is 0.815. The molecule has 1 heterocycles. The maximum atomic E-state index is 6.21. The van der Waals surface area contributed by atoms with Crippen LogP contribution in [0.3, 0.4) is 0 Å². The van der Waals surface area contributed by atoms with Crippen molar-refractivity contribution in [2.75, 3.05) is 0 Å². The molecule has 0 saturated heterocycles. The highest BCUT2D eigenvalue weighted by molar-refractivity contribution is 6.32. The standard InChI is InChI=1S/C11H13ClN2/c1-7(13)10-8-5-3-4-6-9(8)14(2)11(10)12/h3-7H,13H2,1-2H3/t7-/m0/s1. The summed E-state index contributed by atoms with van der Waals surface area (Å²) < 4.78 is 1.97. The summed E-state index contributed by atoms with van der Waals surface area (Å²) in [5, 5.41) is 1.89. The highest BCUT2D eigenvalue weighted by Gasteiger charge is 2.15. The SMILES string of the molecule is C[C@H](N)c1c(Cl)n(C)c2ccccc12. The van der Waals surface area contributed by atoms with Crippen molar-refractivity contribution in [1.29, 1.82) is 0 Å². The van der Waals surface area contributed by atoms with Gasteiger partial charge in [0.15, 0.2) is 0 Å². The maximum Gasteiger partial charge on any atom is 0.114 e. The molecular formula is C11H13ClN2. The summed E-state index contributed by atoms with van der Waals surface area (Å²) in [4.78, 5) is 0. The lowest BCUT2D eigenvalue weighted by Crippen LogP contribution is -2.05. The fourth-order valence-electron chi connectivity index (χ4n) is 1.82. The molecule has 0 aliphatic rings. The second-order valence-corrected chi connectivity index (χ2v) is 3.93. The van der Waals surface area contributed by atoms with Gasteiger partial charge in [-0.3, -0.25) is 0 Å². The number of aromatic nitrogens is 1. The minimum absolute atomic E-state index is 0.0337. The number of aryl methyl sites for hydroxylation is 1. The number of nitrogens with two attached hydrogens (primary N) is 1. The number of hydrogen-bond donors (Lipinski definition) is 1. The zero-order valence-electron chi connectivity index (χ0n) is 8.29. The molecule has 0 bridgehead atoms. The Hall–Kier alpha value is -0.990. The molecule has 2 N–H and O–H groups in total. The molecule has 0 unspecified atom stereocenters. The first kappa shape index (κ1) is 9.56. The summed E-state index contributed by atoms with van der Waals surface area (Å²) in [6.07, 6.45) is 0. The third kappa shape index (κ3) is 1.22. The third-order valence-corrected chi connectivity index (χ3v) is 2.98. The molecule has 1 aromatic carbocycles. The van der Waals surface area contributed by atoms with Crippen LogP contribution in [0.5, 0.6) is 0 Å². The Morgan fingerprint density at radius 3 is 2.64 bits per heavy atom. The number of para-hydroxylation sites is 1. The Labute approximate surface area is 88.3 Å². The maximum absolute atomic E-state index is 6.21. The molecule has 3 heteroatoms. The van der Waals surface area contributed by atoms with Crippen molar-refractivity contribution < 1.29 is 0 Å². The summed E-state index contributed by atoms with van der Waals surface area (Å²) in [5.74, 6) is 0. The molecule has 74 valence electrons. The molecule has 0 aliphatic carbocycles. The molecule has 0 fully saturated rings. The minimum Gasteiger partial charge on any atom is -0.334 e. The Kier molecular flexibility index (Phi) is 2.25. The monoisotopic (exact) mass is 208 g/mol. The molecule has 0 saturated carbocycles. The van der Waals surface area contributed by atoms with Gasteiger partial charge in [0.1, 0.15) is 5.15 Å². The van der Waals surface area contributed by atoms with Crippen LogP contribution in [0.15, 0.2) is 24.3 Å². The molecule has 1 atom stereocenters. The van der Waals surface area contributed by atoms with Gasteiger partial charge < -0.3 is 10.3 Å². The predicted octanol–water partition coefficient (Wildman–Crippen LogP) is 2.85. The molecular weight excluding hydrogens is 196 g/mol. The van der Waals surface area contributed by atoms with Gasteiger partial charge in [-0.05, 0) is 13.0 Å². The summed E-state index contributed by atoms with van der Waals surface area (Å²) in [6, 6.07) is 8.08. The number of hydrogen-bond acceptors (Lipinski definition) is 1. The second kappa shape index (κ2) is 3.30. The largest absolute Gasteiger partial charge is 0.334 e. The summed E-state index contributed by atoms with van der Waals surface area (Å²) in [7, 11) is 1.95. The van der Waals surface area contributed by atoms with Crippen molar-refractivity contribution in [2.24, 2.45) is 12.8 Å². The van der Waals surface area contributed by atoms with E-state index in [9.17, 15) is 0 Å². The van der Waals surface area contributed by atoms with Crippen LogP contribution in [0.1, 0.15) is 18.5 Å². The summed E-state index contributed by atoms with van der Waals surface area (Å²) in [6.45, 7) is 1.95. The Bertz CT molecular complexity index is 471. The first-order valence-corrected chi connectivity index (χ1v) is 4.99. The van der Waals surface area contributed by atoms with Gasteiger partial charge >= 0.3 is 0 Å². The van der Waals surface area contributed by atoms with E-state index in [4.69, 9.17) is 17.3 Å². The van der Waals surface area contributed by atoms with Crippen LogP contribution in [-0.2, 0) is 7.05 Å². The van der Waals surface area contributed by atoms with Crippen molar-refractivity contribution in [3.63, 3.8) is 0 Å². The van der Waals surface area contributed by atoms with Gasteiger partial charge in [-0.15, -0.1) is 0 Å². The predicted molar refractivity (Wildman–Crippen MR) is 60.5 cm³/mol. The number of nitrogens with zero attached hydrogens (tertiary/aromatic N) is 1. The lowest BCUT2D eigenvalue weighted by atomic mass is 10.1. The normalized spacial score (nSPS) is 13.4. The molecule has 2 rings (SSSR count). The third-order valence-electron chi connectivity index (χ3n) is 2.53. The van der Waals surface area contributed by atoms with E-state index in [1.807, 2.05) is 36.7 Å². The molecule has 14 heavy (non-hydrogen) atoms. The van der Waals surface area contributed by atoms with E-state index in [1.165, 1.54) is 0 Å². The highest BCUT2D eigenvalue weighted by atomic mass is 35.5. The Balaban J connectivity index is 2.88. The summed E-state index contributed by atoms with van der Waals surface area (Å²) >= 11 is 6.21. The van der Waals surface area contributed by atoms with E-state index < -0.39 is 0 Å². The van der Waals surface area contributed by atoms with Gasteiger partial charge in [0.2, 0.25) is 0 Å². The van der Waals surface area contributed by atoms with Gasteiger partial charge in [0.05, 0.1) is 0 Å². The van der Waals surface area contributed by atoms with E-state index in [1.54, 1.807) is 0 Å². The Morgan fingerprint density at radius 2 is 2.00 bits per heavy atom. The molecule has 0 aliphatic heterocycles. The van der Waals surface area contributed by atoms with Crippen molar-refractivity contribution in [3.8, 4) is 0 Å². The zero-order valence-corrected chi connectivity index (χ0v) is 9.05. The van der Waals surface area contributed by atoms with Crippen LogP contribution in [0.4, 0.5) is 0 Å². The zero-order chi connectivity index (χ0) is 10.3. The van der Waals surface area contributed by atoms with E-state index in [0.29, 0.717) is 0 Å². The average molecular weight is 209 g/mol. The smallest absolute Gasteiger partial charge is 0.114 e. The minimum atomic E-state index is -0.0337. The van der Waals surface area contributed by atoms with E-state index in [0.717, 1.165) is 21.6 Å². The van der Waals surface area contributed by atoms with Gasteiger partial charge in [-0.2, -0.15) is 0 Å². The van der Waals surface area contributed by atoms with Gasteiger partial charge in [-0.25, -0.2) is 0 Å². The first-order chi connectivity index (χ1) is 6.63. The second-order valence-electron chi connectivity index (χ2n) is 3.57. The van der Waals surface area contributed by atoms with Gasteiger partial charge in [0, 0.05) is 29.6 Å². The van der Waals surface area contributed by atoms with E-state index >= 15 is 0 Å². The van der Waals surface area contributed by atoms with Crippen molar-refractivity contribution in [2.45, 2.75) is 13.0 Å². The molecule has 0 amide bonds. The summed E-state index contributed by atoms with van der Waals surface area (Å²) in [5.41, 5.74) is 8.06. The molecule has 0 spiro atoms. The molecule has 2 aromatic rings. The van der Waals surface area contributed by atoms with Crippen molar-refractivity contribution in [1.82, 2.24) is 4.57 Å². The fourth-order valence-corrected chi connectivity index (χ4v) is 2.19. The Morgan fingerprint density at radius 1 is 1.36 bits per heavy atom. The van der Waals surface area contributed by atoms with Crippen LogP contribution in [-0.4, -0.2) is 4.57 Å². The lowest BCUT2D eigenvalue weighted by Gasteiger charge is -2.03. The molecule has 1 aromatic heterocycles. The van der Waals surface area contributed by atoms with Crippen LogP contribution in [0.25, 0.3) is 10.9 Å². The van der Waals surface area contributed by atoms with Crippen LogP contribution >= 0.6 is 11.6 Å². The van der Waals surface area contributed by atoms with Crippen LogP contribution in [0.2, 0.25) is 5.15 Å². The highest BCUT2D eigenvalue weighted by Crippen LogP contribution is 2.32.